The molecule has 0 fully saturated rings. The first-order valence-electron chi connectivity index (χ1n) is 9.97. The number of hydrogen-bond donors (Lipinski definition) is 1. The zero-order chi connectivity index (χ0) is 22.5. The molecule has 0 aliphatic carbocycles. The minimum absolute atomic E-state index is 0.0956. The third-order valence-corrected chi connectivity index (χ3v) is 6.72. The second-order valence-electron chi connectivity index (χ2n) is 8.54. The second-order valence-corrected chi connectivity index (χ2v) is 10.7. The molecule has 1 amide bonds. The van der Waals surface area contributed by atoms with Crippen molar-refractivity contribution >= 4 is 21.6 Å². The molecule has 164 valence electrons. The van der Waals surface area contributed by atoms with Gasteiger partial charge in [-0.3, -0.25) is 4.79 Å². The van der Waals surface area contributed by atoms with E-state index in [2.05, 4.69) is 38.2 Å². The van der Waals surface area contributed by atoms with Gasteiger partial charge in [-0.05, 0) is 54.2 Å². The number of hydrogen-bond acceptors (Lipinski definition) is 4. The highest BCUT2D eigenvalue weighted by Crippen LogP contribution is 2.25. The number of sulfonamides is 1. The Bertz CT molecular complexity index is 975. The van der Waals surface area contributed by atoms with Crippen LogP contribution in [0, 0.1) is 6.92 Å². The fraction of sp³-hybridized carbons (Fsp3) is 0.435. The highest BCUT2D eigenvalue weighted by molar-refractivity contribution is 7.89. The van der Waals surface area contributed by atoms with Crippen LogP contribution in [0.5, 0.6) is 5.75 Å². The van der Waals surface area contributed by atoms with Crippen LogP contribution in [0.1, 0.15) is 44.7 Å². The van der Waals surface area contributed by atoms with Crippen molar-refractivity contribution in [1.29, 1.82) is 0 Å². The van der Waals surface area contributed by atoms with Crippen LogP contribution in [0.15, 0.2) is 47.4 Å². The highest BCUT2D eigenvalue weighted by Gasteiger charge is 2.20. The normalized spacial score (nSPS) is 12.1. The van der Waals surface area contributed by atoms with E-state index in [-0.39, 0.29) is 22.6 Å². The van der Waals surface area contributed by atoms with Crippen molar-refractivity contribution in [2.24, 2.45) is 0 Å². The molecule has 0 saturated carbocycles. The Kier molecular flexibility index (Phi) is 7.66. The van der Waals surface area contributed by atoms with E-state index in [4.69, 9.17) is 4.74 Å². The van der Waals surface area contributed by atoms with Crippen LogP contribution >= 0.6 is 0 Å². The summed E-state index contributed by atoms with van der Waals surface area (Å²) in [5.74, 6) is 0.596. The summed E-state index contributed by atoms with van der Waals surface area (Å²) in [6.45, 7) is 8.64. The van der Waals surface area contributed by atoms with Gasteiger partial charge in [0.2, 0.25) is 15.9 Å². The quantitative estimate of drug-likeness (QED) is 0.630. The van der Waals surface area contributed by atoms with Crippen molar-refractivity contribution in [3.05, 3.63) is 53.6 Å². The molecule has 0 unspecified atom stereocenters. The Hall–Kier alpha value is -2.38. The lowest BCUT2D eigenvalue weighted by atomic mass is 9.87. The van der Waals surface area contributed by atoms with Crippen molar-refractivity contribution < 1.29 is 17.9 Å². The van der Waals surface area contributed by atoms with E-state index < -0.39 is 10.0 Å². The van der Waals surface area contributed by atoms with Crippen LogP contribution in [0.25, 0.3) is 0 Å². The summed E-state index contributed by atoms with van der Waals surface area (Å²) in [6, 6.07) is 12.9. The van der Waals surface area contributed by atoms with Gasteiger partial charge in [0.25, 0.3) is 0 Å². The monoisotopic (exact) mass is 432 g/mol. The Morgan fingerprint density at radius 3 is 2.27 bits per heavy atom. The van der Waals surface area contributed by atoms with Gasteiger partial charge in [-0.1, -0.05) is 39.0 Å². The maximum Gasteiger partial charge on any atom is 0.242 e. The number of rotatable bonds is 8. The summed E-state index contributed by atoms with van der Waals surface area (Å²) >= 11 is 0. The molecule has 0 aromatic heterocycles. The molecular weight excluding hydrogens is 400 g/mol. The zero-order valence-electron chi connectivity index (χ0n) is 18.7. The van der Waals surface area contributed by atoms with Gasteiger partial charge in [0.05, 0.1) is 11.5 Å². The van der Waals surface area contributed by atoms with Crippen molar-refractivity contribution in [2.75, 3.05) is 26.0 Å². The summed E-state index contributed by atoms with van der Waals surface area (Å²) in [6.07, 6.45) is 0.839. The predicted molar refractivity (Wildman–Crippen MR) is 121 cm³/mol. The Balaban J connectivity index is 1.87. The lowest BCUT2D eigenvalue weighted by Crippen LogP contribution is -2.23. The molecule has 2 rings (SSSR count). The molecule has 7 heteroatoms. The summed E-state index contributed by atoms with van der Waals surface area (Å²) in [7, 11) is -0.602. The molecule has 1 N–H and O–H groups in total. The Morgan fingerprint density at radius 1 is 1.07 bits per heavy atom. The molecule has 2 aromatic rings. The van der Waals surface area contributed by atoms with Gasteiger partial charge in [-0.25, -0.2) is 12.7 Å². The van der Waals surface area contributed by atoms with Crippen LogP contribution in [-0.2, 0) is 20.2 Å². The van der Waals surface area contributed by atoms with Gasteiger partial charge < -0.3 is 10.1 Å². The van der Waals surface area contributed by atoms with E-state index in [1.807, 2.05) is 12.1 Å². The zero-order valence-corrected chi connectivity index (χ0v) is 19.5. The first-order chi connectivity index (χ1) is 13.9. The predicted octanol–water partition coefficient (Wildman–Crippen LogP) is 4.34. The number of aryl methyl sites for hydroxylation is 1. The fourth-order valence-corrected chi connectivity index (χ4v) is 3.99. The molecule has 6 nitrogen and oxygen atoms in total. The summed E-state index contributed by atoms with van der Waals surface area (Å²) in [5, 5.41) is 2.77. The van der Waals surface area contributed by atoms with E-state index in [1.54, 1.807) is 19.1 Å². The van der Waals surface area contributed by atoms with E-state index in [0.717, 1.165) is 10.1 Å². The fourth-order valence-electron chi connectivity index (χ4n) is 2.85. The van der Waals surface area contributed by atoms with E-state index >= 15 is 0 Å². The standard InChI is InChI=1S/C23H32N2O4S/c1-17-9-12-19(16-21(17)30(27,28)25(5)6)24-22(26)8-7-15-29-20-13-10-18(11-14-20)23(2,3)4/h9-14,16H,7-8,15H2,1-6H3,(H,24,26). The molecule has 0 saturated heterocycles. The van der Waals surface area contributed by atoms with Crippen LogP contribution < -0.4 is 10.1 Å². The molecule has 2 aromatic carbocycles. The lowest BCUT2D eigenvalue weighted by molar-refractivity contribution is -0.116. The Labute approximate surface area is 180 Å². The maximum absolute atomic E-state index is 12.4. The summed E-state index contributed by atoms with van der Waals surface area (Å²) < 4.78 is 31.7. The number of amides is 1. The molecule has 0 spiro atoms. The molecule has 0 radical (unpaired) electrons. The first-order valence-corrected chi connectivity index (χ1v) is 11.4. The number of carbonyl (C=O) groups is 1. The van der Waals surface area contributed by atoms with E-state index in [9.17, 15) is 13.2 Å². The minimum Gasteiger partial charge on any atom is -0.494 e. The summed E-state index contributed by atoms with van der Waals surface area (Å²) in [5.41, 5.74) is 2.43. The Morgan fingerprint density at radius 2 is 1.70 bits per heavy atom. The number of nitrogens with one attached hydrogen (secondary N) is 1. The molecule has 30 heavy (non-hydrogen) atoms. The van der Waals surface area contributed by atoms with Crippen LogP contribution in [0.3, 0.4) is 0 Å². The molecule has 0 aliphatic rings. The van der Waals surface area contributed by atoms with Crippen LogP contribution in [-0.4, -0.2) is 39.3 Å². The van der Waals surface area contributed by atoms with Crippen molar-refractivity contribution in [2.45, 2.75) is 50.8 Å². The van der Waals surface area contributed by atoms with E-state index in [0.29, 0.717) is 24.3 Å². The second kappa shape index (κ2) is 9.62. The number of nitrogens with zero attached hydrogens (tertiary/aromatic N) is 1. The molecule has 0 atom stereocenters. The third kappa shape index (κ3) is 6.31. The smallest absolute Gasteiger partial charge is 0.242 e. The van der Waals surface area contributed by atoms with Crippen LogP contribution in [0.4, 0.5) is 5.69 Å². The molecule has 0 aliphatic heterocycles. The number of anilines is 1. The van der Waals surface area contributed by atoms with Crippen molar-refractivity contribution in [3.8, 4) is 5.75 Å². The van der Waals surface area contributed by atoms with Crippen LogP contribution in [0.2, 0.25) is 0 Å². The number of benzene rings is 2. The summed E-state index contributed by atoms with van der Waals surface area (Å²) in [4.78, 5) is 12.4. The molecular formula is C23H32N2O4S. The van der Waals surface area contributed by atoms with Gasteiger partial charge in [-0.15, -0.1) is 0 Å². The minimum atomic E-state index is -3.57. The van der Waals surface area contributed by atoms with Gasteiger partial charge in [0.1, 0.15) is 5.75 Å². The first kappa shape index (κ1) is 23.9. The highest BCUT2D eigenvalue weighted by atomic mass is 32.2. The van der Waals surface area contributed by atoms with Gasteiger partial charge in [0.15, 0.2) is 0 Å². The third-order valence-electron chi connectivity index (χ3n) is 4.77. The largest absolute Gasteiger partial charge is 0.494 e. The maximum atomic E-state index is 12.4. The van der Waals surface area contributed by atoms with Gasteiger partial charge in [0, 0.05) is 26.2 Å². The van der Waals surface area contributed by atoms with Gasteiger partial charge >= 0.3 is 0 Å². The number of carbonyl (C=O) groups excluding carboxylic acids is 1. The van der Waals surface area contributed by atoms with E-state index in [1.165, 1.54) is 25.7 Å². The molecule has 0 heterocycles. The number of ether oxygens (including phenoxy) is 1. The SMILES string of the molecule is Cc1ccc(NC(=O)CCCOc2ccc(C(C)(C)C)cc2)cc1S(=O)(=O)N(C)C. The average Bonchev–Trinajstić information content (AvgIpc) is 2.66. The molecule has 0 bridgehead atoms. The average molecular weight is 433 g/mol. The topological polar surface area (TPSA) is 75.7 Å². The van der Waals surface area contributed by atoms with Crippen molar-refractivity contribution in [3.63, 3.8) is 0 Å². The van der Waals surface area contributed by atoms with Crippen molar-refractivity contribution in [1.82, 2.24) is 4.31 Å². The lowest BCUT2D eigenvalue weighted by Gasteiger charge is -2.19. The van der Waals surface area contributed by atoms with Gasteiger partial charge in [-0.2, -0.15) is 0 Å².